The van der Waals surface area contributed by atoms with Crippen molar-refractivity contribution in [1.29, 1.82) is 0 Å². The van der Waals surface area contributed by atoms with Gasteiger partial charge in [0.15, 0.2) is 0 Å². The molecule has 0 amide bonds. The Bertz CT molecular complexity index is 276. The summed E-state index contributed by atoms with van der Waals surface area (Å²) in [5.74, 6) is 0.740. The molecule has 0 bridgehead atoms. The number of hydrogen-bond donors (Lipinski definition) is 0. The van der Waals surface area contributed by atoms with Crippen LogP contribution in [0, 0.1) is 0 Å². The first-order chi connectivity index (χ1) is 6.51. The third-order valence-corrected chi connectivity index (χ3v) is 5.36. The zero-order chi connectivity index (χ0) is 10.6. The molecule has 0 aliphatic heterocycles. The molecule has 2 radical (unpaired) electrons. The fourth-order valence-electron chi connectivity index (χ4n) is 1.12. The number of ether oxygens (including phenoxy) is 1. The van der Waals surface area contributed by atoms with Gasteiger partial charge in [-0.15, -0.1) is 0 Å². The molecule has 1 aromatic rings. The van der Waals surface area contributed by atoms with E-state index in [1.165, 1.54) is 3.58 Å². The molecule has 0 aromatic carbocycles. The van der Waals surface area contributed by atoms with Crippen LogP contribution in [0.4, 0.5) is 0 Å². The average molecular weight is 298 g/mol. The van der Waals surface area contributed by atoms with E-state index < -0.39 is 21.1 Å². The van der Waals surface area contributed by atoms with Gasteiger partial charge in [-0.3, -0.25) is 0 Å². The van der Waals surface area contributed by atoms with Crippen LogP contribution in [0.25, 0.3) is 0 Å². The topological polar surface area (TPSA) is 22.1 Å². The molecule has 1 aromatic heterocycles. The van der Waals surface area contributed by atoms with Gasteiger partial charge in [0.05, 0.1) is 0 Å². The molecule has 0 aliphatic carbocycles. The van der Waals surface area contributed by atoms with Gasteiger partial charge in [-0.05, 0) is 0 Å². The van der Waals surface area contributed by atoms with Gasteiger partial charge in [0, 0.05) is 0 Å². The summed E-state index contributed by atoms with van der Waals surface area (Å²) in [7, 11) is 0. The summed E-state index contributed by atoms with van der Waals surface area (Å²) < 4.78 is 7.22. The summed E-state index contributed by atoms with van der Waals surface area (Å²) in [6.07, 6.45) is 1.97. The zero-order valence-electron chi connectivity index (χ0n) is 9.29. The van der Waals surface area contributed by atoms with Gasteiger partial charge in [0.2, 0.25) is 0 Å². The van der Waals surface area contributed by atoms with Crippen molar-refractivity contribution < 1.29 is 4.74 Å². The Morgan fingerprint density at radius 3 is 2.50 bits per heavy atom. The van der Waals surface area contributed by atoms with Crippen molar-refractivity contribution in [2.75, 3.05) is 6.61 Å². The molecule has 14 heavy (non-hydrogen) atoms. The molecule has 3 heteroatoms. The van der Waals surface area contributed by atoms with Gasteiger partial charge in [-0.25, -0.2) is 0 Å². The molecule has 0 saturated heterocycles. The molecule has 0 aliphatic rings. The van der Waals surface area contributed by atoms with Crippen LogP contribution in [-0.4, -0.2) is 32.7 Å². The molecule has 1 heterocycles. The van der Waals surface area contributed by atoms with Gasteiger partial charge >= 0.3 is 96.4 Å². The van der Waals surface area contributed by atoms with Gasteiger partial charge in [-0.2, -0.15) is 0 Å². The standard InChI is InChI=1S/C7H8NO.C4H9.Sn/c1-2-9-7-5-3-4-6-8-7;1-4(2)3;/h3,5-6H,2H2,1H3;1-3H3;. The van der Waals surface area contributed by atoms with E-state index in [0.717, 1.165) is 5.88 Å². The Balaban J connectivity index is 2.64. The van der Waals surface area contributed by atoms with E-state index >= 15 is 0 Å². The second-order valence-corrected chi connectivity index (χ2v) is 10.8. The predicted octanol–water partition coefficient (Wildman–Crippen LogP) is 2.03. The van der Waals surface area contributed by atoms with Crippen LogP contribution >= 0.6 is 0 Å². The molecule has 76 valence electrons. The molecule has 0 fully saturated rings. The Hall–Kier alpha value is -0.251. The molecule has 0 unspecified atom stereocenters. The number of aromatic nitrogens is 1. The van der Waals surface area contributed by atoms with Crippen LogP contribution < -0.4 is 8.32 Å². The third kappa shape index (κ3) is 4.31. The third-order valence-electron chi connectivity index (χ3n) is 1.55. The molecule has 0 saturated carbocycles. The normalized spacial score (nSPS) is 11.4. The van der Waals surface area contributed by atoms with Crippen LogP contribution in [0.3, 0.4) is 0 Å². The van der Waals surface area contributed by atoms with Crippen LogP contribution in [0.2, 0.25) is 3.43 Å². The van der Waals surface area contributed by atoms with Crippen LogP contribution in [-0.2, 0) is 0 Å². The quantitative estimate of drug-likeness (QED) is 0.797. The molecule has 0 spiro atoms. The number of hydrogen-bond acceptors (Lipinski definition) is 2. The Morgan fingerprint density at radius 2 is 2.07 bits per heavy atom. The van der Waals surface area contributed by atoms with E-state index in [4.69, 9.17) is 4.74 Å². The molecule has 0 N–H and O–H groups in total. The summed E-state index contributed by atoms with van der Waals surface area (Å²) >= 11 is -0.505. The molecular formula is C11H17NOSn. The first kappa shape index (κ1) is 11.8. The van der Waals surface area contributed by atoms with E-state index in [1.54, 1.807) is 0 Å². The van der Waals surface area contributed by atoms with Crippen LogP contribution in [0.5, 0.6) is 5.88 Å². The SMILES string of the molecule is CCOc1cc[c]([Sn][C](C)(C)C)cn1. The van der Waals surface area contributed by atoms with Crippen molar-refractivity contribution in [2.24, 2.45) is 0 Å². The Kier molecular flexibility index (Phi) is 4.23. The second kappa shape index (κ2) is 5.01. The summed E-state index contributed by atoms with van der Waals surface area (Å²) in [5, 5.41) is 0. The molecule has 2 nitrogen and oxygen atoms in total. The summed E-state index contributed by atoms with van der Waals surface area (Å²) in [4.78, 5) is 4.27. The Morgan fingerprint density at radius 1 is 1.36 bits per heavy atom. The average Bonchev–Trinajstić information content (AvgIpc) is 2.06. The van der Waals surface area contributed by atoms with E-state index in [1.807, 2.05) is 19.2 Å². The first-order valence-corrected chi connectivity index (χ1v) is 7.74. The minimum atomic E-state index is -0.505. The fourth-order valence-corrected chi connectivity index (χ4v) is 4.44. The minimum absolute atomic E-state index is 0.484. The predicted molar refractivity (Wildman–Crippen MR) is 60.5 cm³/mol. The van der Waals surface area contributed by atoms with E-state index in [-0.39, 0.29) is 0 Å². The van der Waals surface area contributed by atoms with Gasteiger partial charge in [-0.1, -0.05) is 0 Å². The van der Waals surface area contributed by atoms with Gasteiger partial charge < -0.3 is 0 Å². The van der Waals surface area contributed by atoms with Crippen molar-refractivity contribution >= 4 is 24.7 Å². The fraction of sp³-hybridized carbons (Fsp3) is 0.545. The number of nitrogens with zero attached hydrogens (tertiary/aromatic N) is 1. The van der Waals surface area contributed by atoms with Crippen molar-refractivity contribution in [1.82, 2.24) is 4.98 Å². The maximum absolute atomic E-state index is 5.30. The van der Waals surface area contributed by atoms with Crippen molar-refractivity contribution in [3.05, 3.63) is 18.3 Å². The summed E-state index contributed by atoms with van der Waals surface area (Å²) in [6.45, 7) is 9.56. The maximum atomic E-state index is 5.30. The summed E-state index contributed by atoms with van der Waals surface area (Å²) in [5.41, 5.74) is 0. The van der Waals surface area contributed by atoms with Crippen molar-refractivity contribution in [2.45, 2.75) is 31.1 Å². The van der Waals surface area contributed by atoms with E-state index in [2.05, 4.69) is 31.8 Å². The van der Waals surface area contributed by atoms with Crippen molar-refractivity contribution in [3.8, 4) is 5.88 Å². The van der Waals surface area contributed by atoms with Crippen LogP contribution in [0.15, 0.2) is 18.3 Å². The van der Waals surface area contributed by atoms with Gasteiger partial charge in [0.1, 0.15) is 0 Å². The summed E-state index contributed by atoms with van der Waals surface area (Å²) in [6, 6.07) is 4.14. The second-order valence-electron chi connectivity index (χ2n) is 4.19. The zero-order valence-corrected chi connectivity index (χ0v) is 12.1. The van der Waals surface area contributed by atoms with Crippen LogP contribution in [0.1, 0.15) is 27.7 Å². The molecular weight excluding hydrogens is 281 g/mol. The van der Waals surface area contributed by atoms with E-state index in [0.29, 0.717) is 10.0 Å². The molecule has 0 atom stereocenters. The van der Waals surface area contributed by atoms with E-state index in [9.17, 15) is 0 Å². The number of pyridine rings is 1. The monoisotopic (exact) mass is 299 g/mol. The van der Waals surface area contributed by atoms with Crippen molar-refractivity contribution in [3.63, 3.8) is 0 Å². The Labute approximate surface area is 96.3 Å². The molecule has 1 rings (SSSR count). The van der Waals surface area contributed by atoms with Gasteiger partial charge in [0.25, 0.3) is 0 Å². The first-order valence-electron chi connectivity index (χ1n) is 4.88. The number of rotatable bonds is 3.